The van der Waals surface area contributed by atoms with E-state index >= 15 is 0 Å². The number of carbonyl (C=O) groups is 2. The lowest BCUT2D eigenvalue weighted by atomic mass is 10.2. The van der Waals surface area contributed by atoms with Crippen molar-refractivity contribution in [1.82, 2.24) is 15.0 Å². The summed E-state index contributed by atoms with van der Waals surface area (Å²) in [6.07, 6.45) is 0. The fraction of sp³-hybridized carbons (Fsp3) is 0.167. The Balaban J connectivity index is 2.46. The number of aromatic carboxylic acids is 1. The van der Waals surface area contributed by atoms with Crippen LogP contribution in [0.1, 0.15) is 26.5 Å². The molecule has 8 nitrogen and oxygen atoms in total. The summed E-state index contributed by atoms with van der Waals surface area (Å²) in [7, 11) is 1.44. The van der Waals surface area contributed by atoms with Gasteiger partial charge in [-0.05, 0) is 24.3 Å². The molecule has 2 rings (SSSR count). The second kappa shape index (κ2) is 5.49. The van der Waals surface area contributed by atoms with Crippen molar-refractivity contribution < 1.29 is 19.4 Å². The Morgan fingerprint density at radius 2 is 2.00 bits per heavy atom. The second-order valence-corrected chi connectivity index (χ2v) is 3.95. The lowest BCUT2D eigenvalue weighted by Crippen LogP contribution is -2.11. The van der Waals surface area contributed by atoms with E-state index in [4.69, 9.17) is 15.6 Å². The number of carboxylic acids is 1. The third-order valence-electron chi connectivity index (χ3n) is 2.64. The molecule has 0 saturated carbocycles. The normalized spacial score (nSPS) is 10.4. The van der Waals surface area contributed by atoms with Gasteiger partial charge < -0.3 is 15.6 Å². The molecule has 104 valence electrons. The van der Waals surface area contributed by atoms with Gasteiger partial charge in [-0.3, -0.25) is 4.79 Å². The highest BCUT2D eigenvalue weighted by atomic mass is 16.5. The van der Waals surface area contributed by atoms with Crippen molar-refractivity contribution in [3.63, 3.8) is 0 Å². The highest BCUT2D eigenvalue weighted by molar-refractivity contribution is 5.92. The Morgan fingerprint density at radius 1 is 1.35 bits per heavy atom. The Labute approximate surface area is 113 Å². The number of rotatable bonds is 5. The van der Waals surface area contributed by atoms with Gasteiger partial charge in [0.05, 0.1) is 12.3 Å². The lowest BCUT2D eigenvalue weighted by molar-refractivity contribution is 0.0684. The van der Waals surface area contributed by atoms with E-state index in [2.05, 4.69) is 10.3 Å². The first kappa shape index (κ1) is 13.7. The molecule has 0 aliphatic rings. The summed E-state index contributed by atoms with van der Waals surface area (Å²) in [5.74, 6) is -1.73. The molecule has 8 heteroatoms. The number of aromatic nitrogens is 3. The van der Waals surface area contributed by atoms with Gasteiger partial charge >= 0.3 is 5.97 Å². The molecular weight excluding hydrogens is 264 g/mol. The van der Waals surface area contributed by atoms with Crippen LogP contribution in [0.3, 0.4) is 0 Å². The zero-order chi connectivity index (χ0) is 14.7. The van der Waals surface area contributed by atoms with E-state index in [1.807, 2.05) is 0 Å². The van der Waals surface area contributed by atoms with E-state index in [1.54, 1.807) is 12.1 Å². The number of hydrogen-bond acceptors (Lipinski definition) is 5. The molecule has 0 saturated heterocycles. The highest BCUT2D eigenvalue weighted by Crippen LogP contribution is 2.15. The fourth-order valence-corrected chi connectivity index (χ4v) is 1.71. The zero-order valence-electron chi connectivity index (χ0n) is 10.6. The van der Waals surface area contributed by atoms with Crippen molar-refractivity contribution in [2.75, 3.05) is 7.11 Å². The Kier molecular flexibility index (Phi) is 3.76. The molecule has 0 spiro atoms. The molecule has 0 unspecified atom stereocenters. The molecular formula is C12H12N4O4. The maximum atomic E-state index is 11.1. The van der Waals surface area contributed by atoms with Crippen LogP contribution in [0.5, 0.6) is 0 Å². The maximum Gasteiger partial charge on any atom is 0.358 e. The minimum atomic E-state index is -1.18. The van der Waals surface area contributed by atoms with Gasteiger partial charge in [0.15, 0.2) is 5.69 Å². The van der Waals surface area contributed by atoms with Crippen molar-refractivity contribution >= 4 is 11.9 Å². The number of carbonyl (C=O) groups excluding carboxylic acids is 1. The van der Waals surface area contributed by atoms with Crippen LogP contribution in [-0.4, -0.2) is 39.1 Å². The van der Waals surface area contributed by atoms with Gasteiger partial charge in [-0.15, -0.1) is 5.10 Å². The van der Waals surface area contributed by atoms with Gasteiger partial charge in [0, 0.05) is 12.7 Å². The van der Waals surface area contributed by atoms with Crippen molar-refractivity contribution in [3.05, 3.63) is 41.2 Å². The van der Waals surface area contributed by atoms with Crippen LogP contribution >= 0.6 is 0 Å². The molecule has 20 heavy (non-hydrogen) atoms. The average molecular weight is 276 g/mol. The van der Waals surface area contributed by atoms with Crippen LogP contribution in [0.15, 0.2) is 24.3 Å². The minimum Gasteiger partial charge on any atom is -0.476 e. The number of nitrogens with zero attached hydrogens (tertiary/aromatic N) is 3. The molecule has 3 N–H and O–H groups in total. The molecule has 1 amide bonds. The van der Waals surface area contributed by atoms with E-state index in [0.29, 0.717) is 16.9 Å². The molecule has 0 aliphatic carbocycles. The quantitative estimate of drug-likeness (QED) is 0.805. The number of hydrogen-bond donors (Lipinski definition) is 2. The van der Waals surface area contributed by atoms with E-state index in [-0.39, 0.29) is 12.3 Å². The summed E-state index contributed by atoms with van der Waals surface area (Å²) in [6, 6.07) is 6.24. The molecule has 2 aromatic rings. The summed E-state index contributed by atoms with van der Waals surface area (Å²) in [5.41, 5.74) is 6.19. The molecule has 1 aromatic heterocycles. The number of carboxylic acid groups (broad SMARTS) is 1. The highest BCUT2D eigenvalue weighted by Gasteiger charge is 2.19. The van der Waals surface area contributed by atoms with Crippen LogP contribution in [0.2, 0.25) is 0 Å². The summed E-state index contributed by atoms with van der Waals surface area (Å²) in [5, 5.41) is 16.4. The van der Waals surface area contributed by atoms with Crippen molar-refractivity contribution in [1.29, 1.82) is 0 Å². The number of ether oxygens (including phenoxy) is 1. The van der Waals surface area contributed by atoms with Crippen molar-refractivity contribution in [2.24, 2.45) is 5.73 Å². The molecule has 1 heterocycles. The lowest BCUT2D eigenvalue weighted by Gasteiger charge is -2.06. The topological polar surface area (TPSA) is 120 Å². The van der Waals surface area contributed by atoms with E-state index in [9.17, 15) is 9.59 Å². The largest absolute Gasteiger partial charge is 0.476 e. The average Bonchev–Trinajstić information content (AvgIpc) is 2.83. The molecule has 0 bridgehead atoms. The standard InChI is InChI=1S/C12H12N4O4/c1-20-6-9-10(12(18)19)14-15-16(9)8-4-2-7(3-5-8)11(13)17/h2-5H,6H2,1H3,(H2,13,17)(H,18,19). The zero-order valence-corrected chi connectivity index (χ0v) is 10.6. The van der Waals surface area contributed by atoms with Gasteiger partial charge in [0.2, 0.25) is 5.91 Å². The summed E-state index contributed by atoms with van der Waals surface area (Å²) < 4.78 is 6.31. The first-order chi connectivity index (χ1) is 9.54. The smallest absolute Gasteiger partial charge is 0.358 e. The van der Waals surface area contributed by atoms with Crippen molar-refractivity contribution in [3.8, 4) is 5.69 Å². The number of methoxy groups -OCH3 is 1. The molecule has 1 aromatic carbocycles. The summed E-state index contributed by atoms with van der Waals surface area (Å²) >= 11 is 0. The molecule has 0 atom stereocenters. The number of amides is 1. The van der Waals surface area contributed by atoms with Gasteiger partial charge in [-0.1, -0.05) is 5.21 Å². The molecule has 0 radical (unpaired) electrons. The van der Waals surface area contributed by atoms with Crippen LogP contribution < -0.4 is 5.73 Å². The first-order valence-corrected chi connectivity index (χ1v) is 5.61. The molecule has 0 fully saturated rings. The van der Waals surface area contributed by atoms with Gasteiger partial charge in [0.1, 0.15) is 5.69 Å². The minimum absolute atomic E-state index is 0.0478. The monoisotopic (exact) mass is 276 g/mol. The third kappa shape index (κ3) is 2.50. The number of nitrogens with two attached hydrogens (primary N) is 1. The van der Waals surface area contributed by atoms with Crippen LogP contribution in [0.4, 0.5) is 0 Å². The second-order valence-electron chi connectivity index (χ2n) is 3.95. The maximum absolute atomic E-state index is 11.1. The predicted molar refractivity (Wildman–Crippen MR) is 67.5 cm³/mol. The van der Waals surface area contributed by atoms with Crippen LogP contribution in [0, 0.1) is 0 Å². The van der Waals surface area contributed by atoms with E-state index in [1.165, 1.54) is 23.9 Å². The van der Waals surface area contributed by atoms with Gasteiger partial charge in [-0.2, -0.15) is 0 Å². The summed E-state index contributed by atoms with van der Waals surface area (Å²) in [4.78, 5) is 22.1. The summed E-state index contributed by atoms with van der Waals surface area (Å²) in [6.45, 7) is 0.0478. The van der Waals surface area contributed by atoms with Gasteiger partial charge in [-0.25, -0.2) is 9.48 Å². The van der Waals surface area contributed by atoms with Gasteiger partial charge in [0.25, 0.3) is 0 Å². The van der Waals surface area contributed by atoms with E-state index in [0.717, 1.165) is 0 Å². The Hall–Kier alpha value is -2.74. The molecule has 0 aliphatic heterocycles. The Morgan fingerprint density at radius 3 is 2.50 bits per heavy atom. The number of benzene rings is 1. The third-order valence-corrected chi connectivity index (χ3v) is 2.64. The predicted octanol–water partition coefficient (Wildman–Crippen LogP) is 0.211. The fourth-order valence-electron chi connectivity index (χ4n) is 1.71. The van der Waals surface area contributed by atoms with Crippen LogP contribution in [0.25, 0.3) is 5.69 Å². The first-order valence-electron chi connectivity index (χ1n) is 5.61. The van der Waals surface area contributed by atoms with Crippen LogP contribution in [-0.2, 0) is 11.3 Å². The van der Waals surface area contributed by atoms with Crippen molar-refractivity contribution in [2.45, 2.75) is 6.61 Å². The SMILES string of the molecule is COCc1c(C(=O)O)nnn1-c1ccc(C(N)=O)cc1. The Bertz CT molecular complexity index is 648. The van der Waals surface area contributed by atoms with E-state index < -0.39 is 11.9 Å². The number of primary amides is 1.